The van der Waals surface area contributed by atoms with Gasteiger partial charge in [0.1, 0.15) is 36.3 Å². The molecule has 11 heteroatoms. The van der Waals surface area contributed by atoms with Crippen LogP contribution >= 0.6 is 0 Å². The summed E-state index contributed by atoms with van der Waals surface area (Å²) in [6.07, 6.45) is -6.21. The van der Waals surface area contributed by atoms with Gasteiger partial charge in [-0.1, -0.05) is 0 Å². The van der Waals surface area contributed by atoms with Gasteiger partial charge in [-0.2, -0.15) is 0 Å². The van der Waals surface area contributed by atoms with Crippen LogP contribution in [0.5, 0.6) is 5.75 Å². The molecule has 1 saturated carbocycles. The van der Waals surface area contributed by atoms with Crippen molar-refractivity contribution in [2.45, 2.75) is 62.0 Å². The van der Waals surface area contributed by atoms with E-state index in [9.17, 15) is 35.4 Å². The lowest BCUT2D eigenvalue weighted by Crippen LogP contribution is -2.60. The Hall–Kier alpha value is -2.25. The van der Waals surface area contributed by atoms with Gasteiger partial charge >= 0.3 is 5.97 Å². The van der Waals surface area contributed by atoms with Gasteiger partial charge in [-0.3, -0.25) is 0 Å². The van der Waals surface area contributed by atoms with E-state index in [4.69, 9.17) is 18.9 Å². The Morgan fingerprint density at radius 3 is 2.48 bits per heavy atom. The molecule has 0 spiro atoms. The lowest BCUT2D eigenvalue weighted by molar-refractivity contribution is -0.346. The second kappa shape index (κ2) is 9.18. The molecule has 0 radical (unpaired) electrons. The van der Waals surface area contributed by atoms with E-state index in [2.05, 4.69) is 0 Å². The summed E-state index contributed by atoms with van der Waals surface area (Å²) < 4.78 is 22.3. The first-order chi connectivity index (χ1) is 15.6. The van der Waals surface area contributed by atoms with Crippen LogP contribution in [0.15, 0.2) is 36.6 Å². The minimum atomic E-state index is -1.63. The first-order valence-corrected chi connectivity index (χ1v) is 10.6. The highest BCUT2D eigenvalue weighted by Gasteiger charge is 2.58. The van der Waals surface area contributed by atoms with E-state index in [1.807, 2.05) is 0 Å². The maximum atomic E-state index is 12.6. The average Bonchev–Trinajstić information content (AvgIpc) is 3.05. The average molecular weight is 468 g/mol. The van der Waals surface area contributed by atoms with Crippen molar-refractivity contribution in [2.75, 3.05) is 6.61 Å². The second-order valence-electron chi connectivity index (χ2n) is 8.82. The largest absolute Gasteiger partial charge is 0.508 e. The predicted octanol–water partition coefficient (Wildman–Crippen LogP) is -1.01. The molecule has 11 nitrogen and oxygen atoms in total. The number of hydrogen-bond acceptors (Lipinski definition) is 11. The normalized spacial score (nSPS) is 42.4. The van der Waals surface area contributed by atoms with Gasteiger partial charge in [-0.15, -0.1) is 0 Å². The van der Waals surface area contributed by atoms with E-state index < -0.39 is 73.1 Å². The Kier molecular flexibility index (Phi) is 6.65. The number of carbonyl (C=O) groups excluding carboxylic acids is 1. The van der Waals surface area contributed by atoms with Crippen molar-refractivity contribution in [1.82, 2.24) is 0 Å². The summed E-state index contributed by atoms with van der Waals surface area (Å²) in [4.78, 5) is 12.6. The number of esters is 1. The van der Waals surface area contributed by atoms with E-state index in [1.165, 1.54) is 30.5 Å². The summed E-state index contributed by atoms with van der Waals surface area (Å²) in [7, 11) is 0. The number of rotatable bonds is 5. The highest BCUT2D eigenvalue weighted by Crippen LogP contribution is 2.48. The minimum absolute atomic E-state index is 0.0101. The fourth-order valence-corrected chi connectivity index (χ4v) is 4.69. The molecule has 2 aliphatic heterocycles. The Morgan fingerprint density at radius 1 is 1.12 bits per heavy atom. The fourth-order valence-electron chi connectivity index (χ4n) is 4.69. The van der Waals surface area contributed by atoms with Crippen molar-refractivity contribution in [3.8, 4) is 5.75 Å². The molecular weight excluding hydrogens is 440 g/mol. The van der Waals surface area contributed by atoms with Crippen LogP contribution in [0.1, 0.15) is 23.7 Å². The van der Waals surface area contributed by atoms with Gasteiger partial charge in [-0.25, -0.2) is 4.79 Å². The molecule has 4 rings (SSSR count). The summed E-state index contributed by atoms with van der Waals surface area (Å²) in [6, 6.07) is 5.58. The Balaban J connectivity index is 1.49. The second-order valence-corrected chi connectivity index (χ2v) is 8.82. The summed E-state index contributed by atoms with van der Waals surface area (Å²) in [5.41, 5.74) is -1.16. The van der Waals surface area contributed by atoms with E-state index >= 15 is 0 Å². The Bertz CT molecular complexity index is 868. The van der Waals surface area contributed by atoms with Gasteiger partial charge in [0.15, 0.2) is 6.29 Å². The third-order valence-corrected chi connectivity index (χ3v) is 6.46. The van der Waals surface area contributed by atoms with Crippen LogP contribution in [0.3, 0.4) is 0 Å². The van der Waals surface area contributed by atoms with Crippen molar-refractivity contribution >= 4 is 5.97 Å². The maximum absolute atomic E-state index is 12.6. The molecule has 10 atom stereocenters. The zero-order chi connectivity index (χ0) is 23.9. The smallest absolute Gasteiger partial charge is 0.338 e. The summed E-state index contributed by atoms with van der Waals surface area (Å²) in [6.45, 7) is 0.931. The number of fused-ring (bicyclic) bond motifs is 1. The molecule has 182 valence electrons. The van der Waals surface area contributed by atoms with Gasteiger partial charge in [0.2, 0.25) is 6.29 Å². The molecule has 2 heterocycles. The van der Waals surface area contributed by atoms with Crippen LogP contribution < -0.4 is 0 Å². The summed E-state index contributed by atoms with van der Waals surface area (Å²) in [5.74, 6) is -1.84. The molecule has 1 aliphatic carbocycles. The van der Waals surface area contributed by atoms with Crippen LogP contribution in [-0.2, 0) is 18.9 Å². The maximum Gasteiger partial charge on any atom is 0.338 e. The highest BCUT2D eigenvalue weighted by atomic mass is 16.8. The number of aromatic hydroxyl groups is 1. The molecule has 0 aromatic heterocycles. The van der Waals surface area contributed by atoms with E-state index in [0.717, 1.165) is 0 Å². The molecular formula is C22H28O11. The third kappa shape index (κ3) is 4.58. The van der Waals surface area contributed by atoms with Gasteiger partial charge in [-0.05, 0) is 37.3 Å². The molecule has 3 aliphatic rings. The Labute approximate surface area is 189 Å². The SMILES string of the molecule is CC1(O)CC(OC(=O)c2ccc(O)cc2)C2C=COC(OC3OC(CO)C(O)C(O)C3O)C21. The molecule has 0 bridgehead atoms. The van der Waals surface area contributed by atoms with Crippen molar-refractivity contribution < 1.29 is 54.4 Å². The summed E-state index contributed by atoms with van der Waals surface area (Å²) >= 11 is 0. The number of aliphatic hydroxyl groups excluding tert-OH is 4. The van der Waals surface area contributed by atoms with Crippen molar-refractivity contribution in [2.24, 2.45) is 11.8 Å². The summed E-state index contributed by atoms with van der Waals surface area (Å²) in [5, 5.41) is 60.1. The standard InChI is InChI=1S/C22H28O11/c1-22(29)8-13(31-19(28)10-2-4-11(24)5-3-10)12-6-7-30-20(15(12)22)33-21-18(27)17(26)16(25)14(9-23)32-21/h2-7,12-18,20-21,23-27,29H,8-9H2,1H3. The topological polar surface area (TPSA) is 175 Å². The minimum Gasteiger partial charge on any atom is -0.508 e. The van der Waals surface area contributed by atoms with Crippen molar-refractivity contribution in [1.29, 1.82) is 0 Å². The van der Waals surface area contributed by atoms with Crippen LogP contribution in [0, 0.1) is 11.8 Å². The van der Waals surface area contributed by atoms with Crippen LogP contribution in [0.4, 0.5) is 0 Å². The number of carbonyl (C=O) groups is 1. The van der Waals surface area contributed by atoms with Gasteiger partial charge in [0.05, 0.1) is 30.0 Å². The van der Waals surface area contributed by atoms with Gasteiger partial charge in [0.25, 0.3) is 0 Å². The molecule has 1 aromatic carbocycles. The quantitative estimate of drug-likeness (QED) is 0.292. The van der Waals surface area contributed by atoms with E-state index in [-0.39, 0.29) is 17.7 Å². The number of hydrogen-bond donors (Lipinski definition) is 6. The van der Waals surface area contributed by atoms with Crippen molar-refractivity contribution in [3.63, 3.8) is 0 Å². The number of phenols is 1. The van der Waals surface area contributed by atoms with Gasteiger partial charge < -0.3 is 49.6 Å². The zero-order valence-electron chi connectivity index (χ0n) is 17.8. The molecule has 1 aromatic rings. The number of phenolic OH excluding ortho intramolecular Hbond substituents is 1. The number of aliphatic hydroxyl groups is 5. The molecule has 0 amide bonds. The van der Waals surface area contributed by atoms with Crippen LogP contribution in [0.2, 0.25) is 0 Å². The van der Waals surface area contributed by atoms with Crippen LogP contribution in [0.25, 0.3) is 0 Å². The fraction of sp³-hybridized carbons (Fsp3) is 0.591. The molecule has 6 N–H and O–H groups in total. The van der Waals surface area contributed by atoms with Crippen molar-refractivity contribution in [3.05, 3.63) is 42.2 Å². The van der Waals surface area contributed by atoms with E-state index in [1.54, 1.807) is 13.0 Å². The predicted molar refractivity (Wildman–Crippen MR) is 108 cm³/mol. The van der Waals surface area contributed by atoms with E-state index in [0.29, 0.717) is 0 Å². The zero-order valence-corrected chi connectivity index (χ0v) is 17.8. The number of benzene rings is 1. The number of ether oxygens (including phenoxy) is 4. The first-order valence-electron chi connectivity index (χ1n) is 10.6. The molecule has 33 heavy (non-hydrogen) atoms. The lowest BCUT2D eigenvalue weighted by atomic mass is 9.85. The highest BCUT2D eigenvalue weighted by molar-refractivity contribution is 5.89. The lowest BCUT2D eigenvalue weighted by Gasteiger charge is -2.43. The molecule has 1 saturated heterocycles. The first kappa shape index (κ1) is 23.9. The van der Waals surface area contributed by atoms with Crippen LogP contribution in [-0.4, -0.2) is 91.9 Å². The Morgan fingerprint density at radius 2 is 1.82 bits per heavy atom. The molecule has 2 fully saturated rings. The monoisotopic (exact) mass is 468 g/mol. The third-order valence-electron chi connectivity index (χ3n) is 6.46. The van der Waals surface area contributed by atoms with Gasteiger partial charge in [0, 0.05) is 12.3 Å². The molecule has 10 unspecified atom stereocenters.